The summed E-state index contributed by atoms with van der Waals surface area (Å²) in [5, 5.41) is 0.318. The lowest BCUT2D eigenvalue weighted by Crippen LogP contribution is -2.34. The van der Waals surface area contributed by atoms with Gasteiger partial charge in [0.2, 0.25) is 5.43 Å². The predicted molar refractivity (Wildman–Crippen MR) is 122 cm³/mol. The minimum absolute atomic E-state index is 0.111. The van der Waals surface area contributed by atoms with Crippen LogP contribution in [-0.2, 0) is 0 Å². The van der Waals surface area contributed by atoms with E-state index in [4.69, 9.17) is 4.74 Å². The van der Waals surface area contributed by atoms with Crippen LogP contribution in [0.4, 0.5) is 10.1 Å². The number of nitrogens with zero attached hydrogens (tertiary/aromatic N) is 3. The van der Waals surface area contributed by atoms with Crippen molar-refractivity contribution in [2.24, 2.45) is 5.92 Å². The van der Waals surface area contributed by atoms with Crippen LogP contribution >= 0.6 is 11.5 Å². The van der Waals surface area contributed by atoms with Crippen molar-refractivity contribution in [2.75, 3.05) is 39.2 Å². The summed E-state index contributed by atoms with van der Waals surface area (Å²) < 4.78 is 26.0. The molecule has 1 aliphatic heterocycles. The number of H-pyrrole nitrogens is 1. The predicted octanol–water partition coefficient (Wildman–Crippen LogP) is 3.16. The fourth-order valence-corrected chi connectivity index (χ4v) is 5.81. The Morgan fingerprint density at radius 1 is 1.29 bits per heavy atom. The van der Waals surface area contributed by atoms with Gasteiger partial charge < -0.3 is 19.1 Å². The van der Waals surface area contributed by atoms with Crippen LogP contribution in [0.15, 0.2) is 15.7 Å². The van der Waals surface area contributed by atoms with Crippen LogP contribution in [0.25, 0.3) is 21.1 Å². The number of aromatic nitrogens is 2. The summed E-state index contributed by atoms with van der Waals surface area (Å²) >= 11 is 1.16. The molecule has 166 valence electrons. The second-order valence-electron chi connectivity index (χ2n) is 8.98. The molecular weight excluding hydrogens is 419 g/mol. The highest BCUT2D eigenvalue weighted by Gasteiger charge is 2.35. The molecule has 1 saturated carbocycles. The van der Waals surface area contributed by atoms with Crippen molar-refractivity contribution >= 4 is 38.3 Å². The van der Waals surface area contributed by atoms with E-state index in [-0.39, 0.29) is 16.8 Å². The SMILES string of the molecule is COc1c(N2CCC(C(C)N(C)C)C2)c(F)cc2c(=O)c3c(=O)[nH]sc3n(C3CC3)c12. The van der Waals surface area contributed by atoms with Crippen LogP contribution < -0.4 is 20.6 Å². The largest absolute Gasteiger partial charge is 0.492 e. The Bertz CT molecular complexity index is 1290. The molecule has 3 aromatic rings. The molecule has 2 unspecified atom stereocenters. The lowest BCUT2D eigenvalue weighted by Gasteiger charge is -2.28. The molecule has 0 radical (unpaired) electrons. The Morgan fingerprint density at radius 3 is 2.68 bits per heavy atom. The monoisotopic (exact) mass is 446 g/mol. The van der Waals surface area contributed by atoms with E-state index in [1.807, 2.05) is 9.47 Å². The van der Waals surface area contributed by atoms with E-state index in [1.54, 1.807) is 0 Å². The number of aromatic amines is 1. The van der Waals surface area contributed by atoms with Gasteiger partial charge >= 0.3 is 0 Å². The third-order valence-electron chi connectivity index (χ3n) is 6.95. The number of rotatable bonds is 5. The first-order chi connectivity index (χ1) is 14.8. The number of hydrogen-bond donors (Lipinski definition) is 1. The van der Waals surface area contributed by atoms with Crippen molar-refractivity contribution in [2.45, 2.75) is 38.3 Å². The number of nitrogens with one attached hydrogen (secondary N) is 1. The van der Waals surface area contributed by atoms with Gasteiger partial charge in [-0.1, -0.05) is 0 Å². The molecule has 1 N–H and O–H groups in total. The standard InChI is InChI=1S/C22H27FN4O3S/c1-11(25(2)3)12-7-8-26(10-12)18-15(23)9-14-17(20(18)30-4)27(13-5-6-13)22-16(19(14)28)21(29)24-31-22/h9,11-13H,5-8,10H2,1-4H3,(H,24,29). The quantitative estimate of drug-likeness (QED) is 0.652. The highest BCUT2D eigenvalue weighted by atomic mass is 32.1. The van der Waals surface area contributed by atoms with E-state index >= 15 is 4.39 Å². The van der Waals surface area contributed by atoms with Crippen molar-refractivity contribution in [3.05, 3.63) is 32.5 Å². The molecule has 1 aromatic carbocycles. The van der Waals surface area contributed by atoms with Gasteiger partial charge in [0.1, 0.15) is 15.9 Å². The second kappa shape index (κ2) is 7.34. The molecule has 31 heavy (non-hydrogen) atoms. The van der Waals surface area contributed by atoms with Crippen LogP contribution in [0.5, 0.6) is 5.75 Å². The topological polar surface area (TPSA) is 70.6 Å². The van der Waals surface area contributed by atoms with Crippen molar-refractivity contribution in [3.63, 3.8) is 0 Å². The lowest BCUT2D eigenvalue weighted by atomic mass is 10.00. The van der Waals surface area contributed by atoms with Crippen molar-refractivity contribution in [3.8, 4) is 5.75 Å². The molecule has 9 heteroatoms. The maximum absolute atomic E-state index is 15.5. The summed E-state index contributed by atoms with van der Waals surface area (Å²) in [5.74, 6) is 0.325. The molecule has 5 rings (SSSR count). The minimum atomic E-state index is -0.479. The fourth-order valence-electron chi connectivity index (χ4n) is 4.89. The van der Waals surface area contributed by atoms with E-state index in [0.717, 1.165) is 43.9 Å². The molecule has 1 aliphatic carbocycles. The second-order valence-corrected chi connectivity index (χ2v) is 9.77. The zero-order chi connectivity index (χ0) is 22.0. The van der Waals surface area contributed by atoms with Crippen LogP contribution in [0.2, 0.25) is 0 Å². The molecule has 0 spiro atoms. The normalized spacial score (nSPS) is 20.3. The van der Waals surface area contributed by atoms with Gasteiger partial charge in [0.15, 0.2) is 11.6 Å². The highest BCUT2D eigenvalue weighted by Crippen LogP contribution is 2.46. The van der Waals surface area contributed by atoms with Crippen LogP contribution in [-0.4, -0.2) is 54.2 Å². The highest BCUT2D eigenvalue weighted by molar-refractivity contribution is 7.12. The minimum Gasteiger partial charge on any atom is -0.492 e. The summed E-state index contributed by atoms with van der Waals surface area (Å²) in [6.45, 7) is 3.65. The number of pyridine rings is 1. The summed E-state index contributed by atoms with van der Waals surface area (Å²) in [7, 11) is 5.65. The average Bonchev–Trinajstić information content (AvgIpc) is 3.33. The van der Waals surface area contributed by atoms with Gasteiger partial charge in [-0.2, -0.15) is 0 Å². The molecule has 3 heterocycles. The van der Waals surface area contributed by atoms with Gasteiger partial charge in [0, 0.05) is 25.2 Å². The maximum atomic E-state index is 15.5. The van der Waals surface area contributed by atoms with E-state index < -0.39 is 16.8 Å². The van der Waals surface area contributed by atoms with Crippen LogP contribution in [0, 0.1) is 11.7 Å². The van der Waals surface area contributed by atoms with Crippen molar-refractivity contribution in [1.29, 1.82) is 0 Å². The first-order valence-electron chi connectivity index (χ1n) is 10.7. The molecule has 0 amide bonds. The molecule has 0 bridgehead atoms. The summed E-state index contributed by atoms with van der Waals surface area (Å²) in [4.78, 5) is 30.3. The molecule has 7 nitrogen and oxygen atoms in total. The maximum Gasteiger partial charge on any atom is 0.271 e. The third kappa shape index (κ3) is 3.09. The number of hydrogen-bond acceptors (Lipinski definition) is 6. The van der Waals surface area contributed by atoms with E-state index in [1.165, 1.54) is 13.2 Å². The van der Waals surface area contributed by atoms with Gasteiger partial charge in [-0.3, -0.25) is 14.0 Å². The number of benzene rings is 1. The molecule has 2 aromatic heterocycles. The van der Waals surface area contributed by atoms with E-state index in [2.05, 4.69) is 30.3 Å². The van der Waals surface area contributed by atoms with Crippen LogP contribution in [0.1, 0.15) is 32.2 Å². The molecular formula is C22H27FN4O3S. The van der Waals surface area contributed by atoms with Gasteiger partial charge in [0.05, 0.1) is 18.0 Å². The Hall–Kier alpha value is -2.39. The zero-order valence-corrected chi connectivity index (χ0v) is 19.0. The Labute approximate surface area is 183 Å². The number of methoxy groups -OCH3 is 1. The first kappa shape index (κ1) is 20.5. The van der Waals surface area contributed by atoms with Crippen molar-refractivity contribution < 1.29 is 9.13 Å². The first-order valence-corrected chi connectivity index (χ1v) is 11.5. The molecule has 2 fully saturated rings. The zero-order valence-electron chi connectivity index (χ0n) is 18.2. The number of anilines is 1. The Morgan fingerprint density at radius 2 is 2.03 bits per heavy atom. The fraction of sp³-hybridized carbons (Fsp3) is 0.545. The van der Waals surface area contributed by atoms with Gasteiger partial charge in [-0.05, 0) is 63.8 Å². The molecule has 1 saturated heterocycles. The molecule has 2 aliphatic rings. The number of fused-ring (bicyclic) bond motifs is 2. The van der Waals surface area contributed by atoms with Gasteiger partial charge in [-0.15, -0.1) is 0 Å². The molecule has 2 atom stereocenters. The summed E-state index contributed by atoms with van der Waals surface area (Å²) in [6.07, 6.45) is 2.89. The average molecular weight is 447 g/mol. The van der Waals surface area contributed by atoms with Gasteiger partial charge in [0.25, 0.3) is 5.56 Å². The number of halogens is 1. The lowest BCUT2D eigenvalue weighted by molar-refractivity contribution is 0.240. The number of ether oxygens (including phenoxy) is 1. The summed E-state index contributed by atoms with van der Waals surface area (Å²) in [6, 6.07) is 1.86. The third-order valence-corrected chi connectivity index (χ3v) is 7.83. The smallest absolute Gasteiger partial charge is 0.271 e. The Kier molecular flexibility index (Phi) is 4.86. The van der Waals surface area contributed by atoms with Gasteiger partial charge in [-0.25, -0.2) is 4.39 Å². The van der Waals surface area contributed by atoms with Crippen molar-refractivity contribution in [1.82, 2.24) is 13.8 Å². The Balaban J connectivity index is 1.76. The summed E-state index contributed by atoms with van der Waals surface area (Å²) in [5.41, 5.74) is 0.163. The van der Waals surface area contributed by atoms with E-state index in [9.17, 15) is 9.59 Å². The van der Waals surface area contributed by atoms with E-state index in [0.29, 0.717) is 33.7 Å². The van der Waals surface area contributed by atoms with Crippen LogP contribution in [0.3, 0.4) is 0 Å².